The lowest BCUT2D eigenvalue weighted by Gasteiger charge is -2.30. The first-order valence-corrected chi connectivity index (χ1v) is 7.94. The molecule has 0 aliphatic heterocycles. The van der Waals surface area contributed by atoms with Gasteiger partial charge in [-0.2, -0.15) is 0 Å². The van der Waals surface area contributed by atoms with Crippen molar-refractivity contribution in [3.05, 3.63) is 0 Å². The summed E-state index contributed by atoms with van der Waals surface area (Å²) in [5.41, 5.74) is -0.654. The third kappa shape index (κ3) is 3.74. The quantitative estimate of drug-likeness (QED) is 0.718. The topological polar surface area (TPSA) is 66.4 Å². The number of carboxylic acid groups (broad SMARTS) is 1. The van der Waals surface area contributed by atoms with Crippen LogP contribution in [0.15, 0.2) is 0 Å². The smallest absolute Gasteiger partial charge is 0.310 e. The van der Waals surface area contributed by atoms with Gasteiger partial charge in [-0.15, -0.1) is 0 Å². The van der Waals surface area contributed by atoms with E-state index in [-0.39, 0.29) is 17.7 Å². The van der Waals surface area contributed by atoms with Gasteiger partial charge < -0.3 is 10.4 Å². The molecule has 1 rings (SSSR count). The molecule has 0 aromatic carbocycles. The molecule has 1 aliphatic carbocycles. The minimum atomic E-state index is -0.904. The van der Waals surface area contributed by atoms with Crippen molar-refractivity contribution in [2.45, 2.75) is 72.1 Å². The van der Waals surface area contributed by atoms with Gasteiger partial charge in [0.15, 0.2) is 0 Å². The third-order valence-corrected chi connectivity index (χ3v) is 5.38. The zero-order valence-corrected chi connectivity index (χ0v) is 13.1. The maximum atomic E-state index is 12.1. The zero-order chi connectivity index (χ0) is 15.2. The second kappa shape index (κ2) is 7.09. The van der Waals surface area contributed by atoms with Gasteiger partial charge in [0.1, 0.15) is 0 Å². The van der Waals surface area contributed by atoms with E-state index in [0.717, 1.165) is 6.42 Å². The summed E-state index contributed by atoms with van der Waals surface area (Å²) >= 11 is 0. The van der Waals surface area contributed by atoms with Gasteiger partial charge in [-0.05, 0) is 37.5 Å². The number of carbonyl (C=O) groups excluding carboxylic acids is 1. The van der Waals surface area contributed by atoms with Gasteiger partial charge in [-0.25, -0.2) is 0 Å². The molecule has 0 saturated heterocycles. The minimum absolute atomic E-state index is 0.0924. The number of carbonyl (C=O) groups is 2. The average molecular weight is 283 g/mol. The lowest BCUT2D eigenvalue weighted by Crippen LogP contribution is -2.40. The van der Waals surface area contributed by atoms with Crippen LogP contribution in [0, 0.1) is 10.8 Å². The predicted octanol–water partition coefficient (Wildman–Crippen LogP) is 3.35. The van der Waals surface area contributed by atoms with Crippen LogP contribution in [-0.4, -0.2) is 23.5 Å². The maximum absolute atomic E-state index is 12.1. The molecule has 116 valence electrons. The molecule has 1 fully saturated rings. The van der Waals surface area contributed by atoms with E-state index in [9.17, 15) is 14.7 Å². The monoisotopic (exact) mass is 283 g/mol. The number of rotatable bonds is 8. The van der Waals surface area contributed by atoms with E-state index in [2.05, 4.69) is 12.2 Å². The number of amides is 1. The largest absolute Gasteiger partial charge is 0.481 e. The first-order chi connectivity index (χ1) is 9.43. The van der Waals surface area contributed by atoms with Crippen molar-refractivity contribution >= 4 is 11.9 Å². The Morgan fingerprint density at radius 1 is 1.15 bits per heavy atom. The summed E-state index contributed by atoms with van der Waals surface area (Å²) in [4.78, 5) is 23.5. The first-order valence-electron chi connectivity index (χ1n) is 7.94. The van der Waals surface area contributed by atoms with Crippen molar-refractivity contribution in [2.24, 2.45) is 10.8 Å². The molecular weight excluding hydrogens is 254 g/mol. The molecule has 0 spiro atoms. The fraction of sp³-hybridized carbons (Fsp3) is 0.875. The molecule has 1 amide bonds. The number of carboxylic acids is 1. The molecule has 0 atom stereocenters. The summed E-state index contributed by atoms with van der Waals surface area (Å²) < 4.78 is 0. The summed E-state index contributed by atoms with van der Waals surface area (Å²) in [5, 5.41) is 12.4. The zero-order valence-electron chi connectivity index (χ0n) is 13.1. The van der Waals surface area contributed by atoms with Crippen LogP contribution in [0.4, 0.5) is 0 Å². The van der Waals surface area contributed by atoms with Gasteiger partial charge in [-0.1, -0.05) is 33.6 Å². The minimum Gasteiger partial charge on any atom is -0.481 e. The van der Waals surface area contributed by atoms with Crippen LogP contribution in [0.3, 0.4) is 0 Å². The van der Waals surface area contributed by atoms with Gasteiger partial charge in [-0.3, -0.25) is 9.59 Å². The lowest BCUT2D eigenvalue weighted by molar-refractivity contribution is -0.152. The molecule has 4 heteroatoms. The number of hydrogen-bond donors (Lipinski definition) is 2. The van der Waals surface area contributed by atoms with E-state index in [1.165, 1.54) is 25.7 Å². The molecule has 0 bridgehead atoms. The van der Waals surface area contributed by atoms with Gasteiger partial charge in [0.2, 0.25) is 5.91 Å². The predicted molar refractivity (Wildman–Crippen MR) is 79.5 cm³/mol. The van der Waals surface area contributed by atoms with Gasteiger partial charge in [0.25, 0.3) is 0 Å². The molecule has 1 saturated carbocycles. The Hall–Kier alpha value is -1.06. The highest BCUT2D eigenvalue weighted by Gasteiger charge is 2.38. The Kier molecular flexibility index (Phi) is 6.03. The van der Waals surface area contributed by atoms with E-state index >= 15 is 0 Å². The average Bonchev–Trinajstić information content (AvgIpc) is 2.92. The number of aliphatic carboxylic acids is 1. The van der Waals surface area contributed by atoms with E-state index < -0.39 is 11.4 Å². The molecule has 2 N–H and O–H groups in total. The Labute approximate surface area is 122 Å². The Balaban J connectivity index is 2.56. The Morgan fingerprint density at radius 3 is 2.10 bits per heavy atom. The van der Waals surface area contributed by atoms with Gasteiger partial charge in [0, 0.05) is 13.0 Å². The maximum Gasteiger partial charge on any atom is 0.310 e. The highest BCUT2D eigenvalue weighted by atomic mass is 16.4. The SMILES string of the molecule is CCC1(CNC(=O)CC(CC)(CC)C(=O)O)CCCC1. The summed E-state index contributed by atoms with van der Waals surface area (Å²) in [7, 11) is 0. The molecule has 0 aromatic heterocycles. The molecule has 1 aliphatic rings. The molecule has 0 unspecified atom stereocenters. The van der Waals surface area contributed by atoms with Crippen molar-refractivity contribution in [3.8, 4) is 0 Å². The fourth-order valence-corrected chi connectivity index (χ4v) is 3.31. The summed E-state index contributed by atoms with van der Waals surface area (Å²) in [6.45, 7) is 6.56. The van der Waals surface area contributed by atoms with E-state index in [1.807, 2.05) is 13.8 Å². The Bertz CT molecular complexity index is 342. The molecule has 20 heavy (non-hydrogen) atoms. The molecule has 0 aromatic rings. The highest BCUT2D eigenvalue weighted by Crippen LogP contribution is 2.40. The van der Waals surface area contributed by atoms with Crippen LogP contribution >= 0.6 is 0 Å². The number of nitrogens with one attached hydrogen (secondary N) is 1. The normalized spacial score (nSPS) is 17.9. The van der Waals surface area contributed by atoms with E-state index in [1.54, 1.807) is 0 Å². The van der Waals surface area contributed by atoms with Crippen molar-refractivity contribution in [2.75, 3.05) is 6.54 Å². The fourth-order valence-electron chi connectivity index (χ4n) is 3.31. The van der Waals surface area contributed by atoms with Crippen molar-refractivity contribution in [1.29, 1.82) is 0 Å². The molecular formula is C16H29NO3. The van der Waals surface area contributed by atoms with E-state index in [4.69, 9.17) is 0 Å². The van der Waals surface area contributed by atoms with Crippen molar-refractivity contribution < 1.29 is 14.7 Å². The highest BCUT2D eigenvalue weighted by molar-refractivity contribution is 5.84. The van der Waals surface area contributed by atoms with E-state index in [0.29, 0.717) is 19.4 Å². The Morgan fingerprint density at radius 2 is 1.70 bits per heavy atom. The van der Waals surface area contributed by atoms with Crippen LogP contribution in [0.5, 0.6) is 0 Å². The molecule has 4 nitrogen and oxygen atoms in total. The van der Waals surface area contributed by atoms with Crippen LogP contribution in [0.2, 0.25) is 0 Å². The summed E-state index contributed by atoms with van der Waals surface area (Å²) in [5.74, 6) is -0.973. The van der Waals surface area contributed by atoms with Crippen LogP contribution in [0.1, 0.15) is 72.1 Å². The second-order valence-electron chi connectivity index (χ2n) is 6.31. The van der Waals surface area contributed by atoms with Crippen LogP contribution in [-0.2, 0) is 9.59 Å². The van der Waals surface area contributed by atoms with Crippen molar-refractivity contribution in [1.82, 2.24) is 5.32 Å². The second-order valence-corrected chi connectivity index (χ2v) is 6.31. The van der Waals surface area contributed by atoms with Gasteiger partial charge >= 0.3 is 5.97 Å². The molecule has 0 radical (unpaired) electrons. The van der Waals surface area contributed by atoms with Gasteiger partial charge in [0.05, 0.1) is 5.41 Å². The van der Waals surface area contributed by atoms with Crippen molar-refractivity contribution in [3.63, 3.8) is 0 Å². The van der Waals surface area contributed by atoms with Crippen LogP contribution < -0.4 is 5.32 Å². The first kappa shape index (κ1) is 17.0. The third-order valence-electron chi connectivity index (χ3n) is 5.38. The summed E-state index contributed by atoms with van der Waals surface area (Å²) in [6.07, 6.45) is 6.99. The number of hydrogen-bond acceptors (Lipinski definition) is 2. The van der Waals surface area contributed by atoms with Crippen LogP contribution in [0.25, 0.3) is 0 Å². The lowest BCUT2D eigenvalue weighted by atomic mass is 9.78. The summed E-state index contributed by atoms with van der Waals surface area (Å²) in [6, 6.07) is 0. The standard InChI is InChI=1S/C16H29NO3/c1-4-15(9-7-8-10-15)12-17-13(18)11-16(5-2,6-3)14(19)20/h4-12H2,1-3H3,(H,17,18)(H,19,20). The molecule has 0 heterocycles.